The van der Waals surface area contributed by atoms with Gasteiger partial charge in [0.1, 0.15) is 11.6 Å². The van der Waals surface area contributed by atoms with Gasteiger partial charge in [-0.25, -0.2) is 8.78 Å². The Bertz CT molecular complexity index is 578. The van der Waals surface area contributed by atoms with E-state index in [9.17, 15) is 8.78 Å². The Kier molecular flexibility index (Phi) is 4.20. The molecular formula is C15H14BrF2N. The molecule has 0 fully saturated rings. The van der Waals surface area contributed by atoms with E-state index in [0.29, 0.717) is 5.56 Å². The lowest BCUT2D eigenvalue weighted by atomic mass is 10.1. The molecule has 0 aliphatic rings. The summed E-state index contributed by atoms with van der Waals surface area (Å²) in [5.74, 6) is -1.12. The first-order chi connectivity index (χ1) is 8.95. The van der Waals surface area contributed by atoms with Crippen molar-refractivity contribution in [1.82, 2.24) is 0 Å². The fourth-order valence-electron chi connectivity index (χ4n) is 1.89. The quantitative estimate of drug-likeness (QED) is 0.816. The maximum absolute atomic E-state index is 13.2. The fraction of sp³-hybridized carbons (Fsp3) is 0.200. The molecule has 0 aliphatic carbocycles. The van der Waals surface area contributed by atoms with Crippen LogP contribution >= 0.6 is 15.9 Å². The third kappa shape index (κ3) is 3.53. The Morgan fingerprint density at radius 1 is 1.05 bits per heavy atom. The lowest BCUT2D eigenvalue weighted by molar-refractivity contribution is 0.577. The minimum Gasteiger partial charge on any atom is -0.378 e. The van der Waals surface area contributed by atoms with E-state index in [2.05, 4.69) is 21.2 Å². The molecule has 4 heteroatoms. The number of anilines is 1. The van der Waals surface area contributed by atoms with E-state index < -0.39 is 11.6 Å². The van der Waals surface area contributed by atoms with Crippen LogP contribution < -0.4 is 5.32 Å². The average Bonchev–Trinajstić information content (AvgIpc) is 2.32. The SMILES string of the molecule is Cc1ccc(Br)cc1NC(C)c1cc(F)cc(F)c1. The first-order valence-electron chi connectivity index (χ1n) is 5.94. The topological polar surface area (TPSA) is 12.0 Å². The van der Waals surface area contributed by atoms with E-state index >= 15 is 0 Å². The molecule has 1 nitrogen and oxygen atoms in total. The van der Waals surface area contributed by atoms with Gasteiger partial charge in [0.25, 0.3) is 0 Å². The molecule has 1 unspecified atom stereocenters. The van der Waals surface area contributed by atoms with E-state index in [0.717, 1.165) is 21.8 Å². The van der Waals surface area contributed by atoms with Gasteiger partial charge in [0.15, 0.2) is 0 Å². The smallest absolute Gasteiger partial charge is 0.126 e. The van der Waals surface area contributed by atoms with Crippen LogP contribution in [0.15, 0.2) is 40.9 Å². The molecule has 1 N–H and O–H groups in total. The lowest BCUT2D eigenvalue weighted by Gasteiger charge is -2.18. The van der Waals surface area contributed by atoms with Crippen LogP contribution in [-0.2, 0) is 0 Å². The molecule has 0 aliphatic heterocycles. The Balaban J connectivity index is 2.25. The van der Waals surface area contributed by atoms with E-state index in [4.69, 9.17) is 0 Å². The van der Waals surface area contributed by atoms with E-state index in [1.807, 2.05) is 32.0 Å². The molecule has 1 atom stereocenters. The second-order valence-corrected chi connectivity index (χ2v) is 5.44. The first-order valence-corrected chi connectivity index (χ1v) is 6.73. The highest BCUT2D eigenvalue weighted by Crippen LogP contribution is 2.26. The Labute approximate surface area is 119 Å². The number of hydrogen-bond donors (Lipinski definition) is 1. The van der Waals surface area contributed by atoms with Crippen LogP contribution in [-0.4, -0.2) is 0 Å². The number of rotatable bonds is 3. The molecule has 2 aromatic rings. The Hall–Kier alpha value is -1.42. The highest BCUT2D eigenvalue weighted by Gasteiger charge is 2.10. The Morgan fingerprint density at radius 3 is 2.32 bits per heavy atom. The second kappa shape index (κ2) is 5.70. The van der Waals surface area contributed by atoms with Gasteiger partial charge >= 0.3 is 0 Å². The van der Waals surface area contributed by atoms with E-state index in [1.165, 1.54) is 12.1 Å². The molecule has 0 saturated heterocycles. The molecule has 2 rings (SSSR count). The largest absolute Gasteiger partial charge is 0.378 e. The van der Waals surface area contributed by atoms with Gasteiger partial charge in [-0.2, -0.15) is 0 Å². The van der Waals surface area contributed by atoms with Gasteiger partial charge in [0, 0.05) is 22.3 Å². The molecule has 0 spiro atoms. The van der Waals surface area contributed by atoms with Gasteiger partial charge in [0.05, 0.1) is 0 Å². The van der Waals surface area contributed by atoms with Crippen LogP contribution in [0, 0.1) is 18.6 Å². The highest BCUT2D eigenvalue weighted by atomic mass is 79.9. The molecule has 19 heavy (non-hydrogen) atoms. The van der Waals surface area contributed by atoms with Crippen molar-refractivity contribution in [3.05, 3.63) is 63.6 Å². The van der Waals surface area contributed by atoms with Crippen molar-refractivity contribution in [2.24, 2.45) is 0 Å². The zero-order valence-electron chi connectivity index (χ0n) is 10.7. The second-order valence-electron chi connectivity index (χ2n) is 4.53. The zero-order valence-corrected chi connectivity index (χ0v) is 12.3. The normalized spacial score (nSPS) is 12.3. The molecule has 0 bridgehead atoms. The standard InChI is InChI=1S/C15H14BrF2N/c1-9-3-4-12(16)7-15(9)19-10(2)11-5-13(17)8-14(18)6-11/h3-8,10,19H,1-2H3. The van der Waals surface area contributed by atoms with Gasteiger partial charge < -0.3 is 5.32 Å². The minimum atomic E-state index is -0.561. The highest BCUT2D eigenvalue weighted by molar-refractivity contribution is 9.10. The summed E-state index contributed by atoms with van der Waals surface area (Å²) in [6, 6.07) is 9.25. The Morgan fingerprint density at radius 2 is 1.68 bits per heavy atom. The molecule has 2 aromatic carbocycles. The average molecular weight is 326 g/mol. The first kappa shape index (κ1) is 14.0. The van der Waals surface area contributed by atoms with Crippen molar-refractivity contribution in [3.63, 3.8) is 0 Å². The molecule has 0 saturated carbocycles. The number of nitrogens with one attached hydrogen (secondary N) is 1. The monoisotopic (exact) mass is 325 g/mol. The third-order valence-corrected chi connectivity index (χ3v) is 3.45. The van der Waals surface area contributed by atoms with E-state index in [-0.39, 0.29) is 6.04 Å². The van der Waals surface area contributed by atoms with Crippen LogP contribution in [0.25, 0.3) is 0 Å². The van der Waals surface area contributed by atoms with Gasteiger partial charge in [-0.15, -0.1) is 0 Å². The summed E-state index contributed by atoms with van der Waals surface area (Å²) in [5.41, 5.74) is 2.59. The molecule has 100 valence electrons. The van der Waals surface area contributed by atoms with Crippen LogP contribution in [0.3, 0.4) is 0 Å². The van der Waals surface area contributed by atoms with Crippen LogP contribution in [0.5, 0.6) is 0 Å². The summed E-state index contributed by atoms with van der Waals surface area (Å²) < 4.78 is 27.3. The molecule has 0 amide bonds. The van der Waals surface area contributed by atoms with Crippen LogP contribution in [0.1, 0.15) is 24.1 Å². The van der Waals surface area contributed by atoms with Crippen LogP contribution in [0.2, 0.25) is 0 Å². The van der Waals surface area contributed by atoms with Crippen LogP contribution in [0.4, 0.5) is 14.5 Å². The summed E-state index contributed by atoms with van der Waals surface area (Å²) >= 11 is 3.41. The number of benzene rings is 2. The predicted octanol–water partition coefficient (Wildman–Crippen LogP) is 5.21. The zero-order chi connectivity index (χ0) is 14.0. The van der Waals surface area contributed by atoms with Gasteiger partial charge in [-0.1, -0.05) is 22.0 Å². The summed E-state index contributed by atoms with van der Waals surface area (Å²) in [6.07, 6.45) is 0. The summed E-state index contributed by atoms with van der Waals surface area (Å²) in [6.45, 7) is 3.85. The minimum absolute atomic E-state index is 0.182. The summed E-state index contributed by atoms with van der Waals surface area (Å²) in [4.78, 5) is 0. The maximum Gasteiger partial charge on any atom is 0.126 e. The molecular weight excluding hydrogens is 312 g/mol. The van der Waals surface area contributed by atoms with Gasteiger partial charge in [-0.05, 0) is 49.2 Å². The summed E-state index contributed by atoms with van der Waals surface area (Å²) in [7, 11) is 0. The van der Waals surface area contributed by atoms with Crippen molar-refractivity contribution < 1.29 is 8.78 Å². The van der Waals surface area contributed by atoms with Crippen molar-refractivity contribution in [3.8, 4) is 0 Å². The van der Waals surface area contributed by atoms with Crippen molar-refractivity contribution in [2.45, 2.75) is 19.9 Å². The molecule has 0 radical (unpaired) electrons. The van der Waals surface area contributed by atoms with Gasteiger partial charge in [0.2, 0.25) is 0 Å². The lowest BCUT2D eigenvalue weighted by Crippen LogP contribution is -2.08. The van der Waals surface area contributed by atoms with Crippen molar-refractivity contribution in [2.75, 3.05) is 5.32 Å². The fourth-order valence-corrected chi connectivity index (χ4v) is 2.25. The van der Waals surface area contributed by atoms with E-state index in [1.54, 1.807) is 0 Å². The number of hydrogen-bond acceptors (Lipinski definition) is 1. The number of halogens is 3. The van der Waals surface area contributed by atoms with Crippen molar-refractivity contribution in [1.29, 1.82) is 0 Å². The number of aryl methyl sites for hydroxylation is 1. The van der Waals surface area contributed by atoms with Crippen molar-refractivity contribution >= 4 is 21.6 Å². The summed E-state index contributed by atoms with van der Waals surface area (Å²) in [5, 5.41) is 3.26. The predicted molar refractivity (Wildman–Crippen MR) is 77.3 cm³/mol. The van der Waals surface area contributed by atoms with Gasteiger partial charge in [-0.3, -0.25) is 0 Å². The molecule has 0 aromatic heterocycles. The molecule has 0 heterocycles. The third-order valence-electron chi connectivity index (χ3n) is 2.96. The maximum atomic E-state index is 13.2.